The maximum atomic E-state index is 14.2. The molecule has 0 aliphatic heterocycles. The largest absolute Gasteiger partial charge is 0.494 e. The van der Waals surface area contributed by atoms with Crippen LogP contribution < -0.4 is 15.9 Å². The summed E-state index contributed by atoms with van der Waals surface area (Å²) in [6.45, 7) is 0. The molecule has 2 aliphatic rings. The van der Waals surface area contributed by atoms with Crippen molar-refractivity contribution < 1.29 is 23.4 Å². The third-order valence-corrected chi connectivity index (χ3v) is 7.44. The number of methoxy groups -OCH3 is 1. The number of alkyl halides is 2. The quantitative estimate of drug-likeness (QED) is 0.550. The maximum Gasteiger partial charge on any atom is 0.341 e. The first kappa shape index (κ1) is 20.1. The Morgan fingerprint density at radius 3 is 2.74 bits per heavy atom. The van der Waals surface area contributed by atoms with Gasteiger partial charge in [-0.2, -0.15) is 0 Å². The summed E-state index contributed by atoms with van der Waals surface area (Å²) in [7, 11) is 1.48. The Morgan fingerprint density at radius 1 is 1.35 bits per heavy atom. The van der Waals surface area contributed by atoms with Gasteiger partial charge in [-0.25, -0.2) is 13.6 Å². The fourth-order valence-electron chi connectivity index (χ4n) is 4.36. The Morgan fingerprint density at radius 2 is 2.10 bits per heavy atom. The minimum Gasteiger partial charge on any atom is -0.494 e. The zero-order chi connectivity index (χ0) is 22.1. The number of fused-ring (bicyclic) bond motifs is 2. The first-order valence-corrected chi connectivity index (χ1v) is 10.8. The minimum atomic E-state index is -2.94. The van der Waals surface area contributed by atoms with Gasteiger partial charge >= 0.3 is 5.97 Å². The fraction of sp³-hybridized carbons (Fsp3) is 0.364. The number of aromatic carboxylic acids is 1. The van der Waals surface area contributed by atoms with E-state index < -0.39 is 23.4 Å². The summed E-state index contributed by atoms with van der Waals surface area (Å²) in [6, 6.07) is 2.28. The number of pyridine rings is 1. The second kappa shape index (κ2) is 6.86. The van der Waals surface area contributed by atoms with Gasteiger partial charge in [-0.3, -0.25) is 4.79 Å². The molecule has 0 saturated heterocycles. The molecule has 2 aromatic heterocycles. The highest BCUT2D eigenvalue weighted by atomic mass is 32.1. The molecule has 1 atom stereocenters. The normalized spacial score (nSPS) is 19.9. The zero-order valence-electron chi connectivity index (χ0n) is 16.6. The average molecular weight is 446 g/mol. The van der Waals surface area contributed by atoms with E-state index in [-0.39, 0.29) is 29.7 Å². The lowest BCUT2D eigenvalue weighted by atomic mass is 9.91. The summed E-state index contributed by atoms with van der Waals surface area (Å²) in [4.78, 5) is 28.4. The van der Waals surface area contributed by atoms with E-state index in [2.05, 4.69) is 4.98 Å². The highest BCUT2D eigenvalue weighted by molar-refractivity contribution is 7.15. The van der Waals surface area contributed by atoms with E-state index in [4.69, 9.17) is 10.5 Å². The number of halogens is 2. The summed E-state index contributed by atoms with van der Waals surface area (Å²) in [6.07, 6.45) is 2.99. The van der Waals surface area contributed by atoms with Gasteiger partial charge < -0.3 is 20.6 Å². The van der Waals surface area contributed by atoms with Crippen LogP contribution in [-0.2, 0) is 6.42 Å². The number of nitrogens with two attached hydrogens (primary N) is 1. The second-order valence-corrected chi connectivity index (χ2v) is 9.23. The molecule has 1 fully saturated rings. The summed E-state index contributed by atoms with van der Waals surface area (Å²) in [5.74, 6) is -3.64. The van der Waals surface area contributed by atoms with Crippen molar-refractivity contribution in [2.45, 2.75) is 43.6 Å². The van der Waals surface area contributed by atoms with Crippen LogP contribution in [-0.4, -0.2) is 29.1 Å². The van der Waals surface area contributed by atoms with E-state index in [1.165, 1.54) is 18.4 Å². The molecule has 5 rings (SSSR count). The minimum absolute atomic E-state index is 0.204. The van der Waals surface area contributed by atoms with Crippen LogP contribution in [0.5, 0.6) is 5.75 Å². The van der Waals surface area contributed by atoms with Crippen molar-refractivity contribution in [2.24, 2.45) is 5.73 Å². The molecule has 0 bridgehead atoms. The fourth-order valence-corrected chi connectivity index (χ4v) is 5.70. The van der Waals surface area contributed by atoms with Gasteiger partial charge in [-0.1, -0.05) is 0 Å². The number of carboxylic acids is 1. The lowest BCUT2D eigenvalue weighted by Crippen LogP contribution is -2.36. The van der Waals surface area contributed by atoms with Crippen molar-refractivity contribution >= 4 is 28.2 Å². The number of aryl methyl sites for hydroxylation is 1. The van der Waals surface area contributed by atoms with Crippen LogP contribution in [0.25, 0.3) is 21.3 Å². The average Bonchev–Trinajstić information content (AvgIpc) is 3.48. The standard InChI is InChI=1S/C22H20F2N2O4S/c1-30-18-15(14-6-10-4-5-22(23,24)20(25)19(10)31-14)11(9-2-3-9)7-12-16(18)26-8-13(17(12)27)21(28)29/h6-9,20H,2-5,25H2,1H3,(H,26,27)(H,28,29). The van der Waals surface area contributed by atoms with Gasteiger partial charge in [0.15, 0.2) is 5.75 Å². The molecule has 31 heavy (non-hydrogen) atoms. The number of ether oxygens (including phenoxy) is 1. The summed E-state index contributed by atoms with van der Waals surface area (Å²) in [5.41, 5.74) is 7.78. The molecular weight excluding hydrogens is 426 g/mol. The molecule has 1 unspecified atom stereocenters. The number of hydrogen-bond donors (Lipinski definition) is 3. The van der Waals surface area contributed by atoms with Gasteiger partial charge in [0.2, 0.25) is 5.43 Å². The Hall–Kier alpha value is -2.78. The van der Waals surface area contributed by atoms with Gasteiger partial charge in [-0.15, -0.1) is 11.3 Å². The van der Waals surface area contributed by atoms with E-state index in [1.54, 1.807) is 6.07 Å². The Kier molecular flexibility index (Phi) is 4.46. The molecule has 0 spiro atoms. The molecule has 2 aliphatic carbocycles. The van der Waals surface area contributed by atoms with E-state index in [9.17, 15) is 23.5 Å². The van der Waals surface area contributed by atoms with E-state index in [0.29, 0.717) is 16.1 Å². The number of nitrogens with one attached hydrogen (secondary N) is 1. The van der Waals surface area contributed by atoms with Crippen LogP contribution >= 0.6 is 11.3 Å². The highest BCUT2D eigenvalue weighted by Gasteiger charge is 2.44. The molecule has 0 radical (unpaired) electrons. The van der Waals surface area contributed by atoms with Crippen molar-refractivity contribution in [1.82, 2.24) is 4.98 Å². The molecule has 0 amide bonds. The van der Waals surface area contributed by atoms with Gasteiger partial charge in [0.25, 0.3) is 5.92 Å². The van der Waals surface area contributed by atoms with E-state index in [1.807, 2.05) is 6.07 Å². The molecule has 9 heteroatoms. The van der Waals surface area contributed by atoms with E-state index >= 15 is 0 Å². The lowest BCUT2D eigenvalue weighted by molar-refractivity contribution is -0.0385. The number of aromatic nitrogens is 1. The highest BCUT2D eigenvalue weighted by Crippen LogP contribution is 2.53. The number of benzene rings is 1. The molecule has 3 aromatic rings. The maximum absolute atomic E-state index is 14.2. The van der Waals surface area contributed by atoms with E-state index in [0.717, 1.165) is 40.6 Å². The number of H-pyrrole nitrogens is 1. The lowest BCUT2D eigenvalue weighted by Gasteiger charge is -2.28. The van der Waals surface area contributed by atoms with Gasteiger partial charge in [0, 0.05) is 27.9 Å². The summed E-state index contributed by atoms with van der Waals surface area (Å²) in [5, 5.41) is 9.56. The predicted octanol–water partition coefficient (Wildman–Crippen LogP) is 4.42. The Balaban J connectivity index is 1.78. The van der Waals surface area contributed by atoms with Crippen LogP contribution in [0.15, 0.2) is 23.1 Å². The Labute approximate surface area is 179 Å². The summed E-state index contributed by atoms with van der Waals surface area (Å²) >= 11 is 1.24. The van der Waals surface area contributed by atoms with Gasteiger partial charge in [0.1, 0.15) is 11.6 Å². The van der Waals surface area contributed by atoms with Crippen LogP contribution in [0, 0.1) is 0 Å². The summed E-state index contributed by atoms with van der Waals surface area (Å²) < 4.78 is 34.0. The third kappa shape index (κ3) is 3.06. The molecule has 162 valence electrons. The molecule has 4 N–H and O–H groups in total. The number of aromatic amines is 1. The van der Waals surface area contributed by atoms with Gasteiger partial charge in [-0.05, 0) is 48.4 Å². The molecule has 6 nitrogen and oxygen atoms in total. The van der Waals surface area contributed by atoms with Crippen LogP contribution in [0.2, 0.25) is 0 Å². The number of carbonyl (C=O) groups is 1. The predicted molar refractivity (Wildman–Crippen MR) is 114 cm³/mol. The van der Waals surface area contributed by atoms with Crippen molar-refractivity contribution in [1.29, 1.82) is 0 Å². The number of hydrogen-bond acceptors (Lipinski definition) is 5. The monoisotopic (exact) mass is 446 g/mol. The molecule has 2 heterocycles. The van der Waals surface area contributed by atoms with Crippen LogP contribution in [0.4, 0.5) is 8.78 Å². The molecule has 1 saturated carbocycles. The smallest absolute Gasteiger partial charge is 0.341 e. The first-order chi connectivity index (χ1) is 14.7. The second-order valence-electron chi connectivity index (χ2n) is 8.15. The van der Waals surface area contributed by atoms with Gasteiger partial charge in [0.05, 0.1) is 18.0 Å². The van der Waals surface area contributed by atoms with Crippen LogP contribution in [0.3, 0.4) is 0 Å². The van der Waals surface area contributed by atoms with Crippen molar-refractivity contribution in [3.05, 3.63) is 50.1 Å². The topological polar surface area (TPSA) is 105 Å². The first-order valence-electron chi connectivity index (χ1n) is 9.99. The zero-order valence-corrected chi connectivity index (χ0v) is 17.4. The van der Waals surface area contributed by atoms with Crippen molar-refractivity contribution in [3.8, 4) is 16.2 Å². The number of thiophene rings is 1. The van der Waals surface area contributed by atoms with Crippen molar-refractivity contribution in [3.63, 3.8) is 0 Å². The number of rotatable bonds is 4. The third-order valence-electron chi connectivity index (χ3n) is 6.17. The van der Waals surface area contributed by atoms with Crippen LogP contribution in [0.1, 0.15) is 57.6 Å². The molecule has 1 aromatic carbocycles. The molecular formula is C22H20F2N2O4S. The number of carboxylic acid groups (broad SMARTS) is 1. The Bertz CT molecular complexity index is 1290. The SMILES string of the molecule is COc1c(-c2cc3c(s2)C(N)C(F)(F)CC3)c(C2CC2)cc2c(=O)c(C(=O)O)c[nH]c12. The van der Waals surface area contributed by atoms with Crippen molar-refractivity contribution in [2.75, 3.05) is 7.11 Å².